The standard InChI is InChI=1S/C10H9N3O3/c14-9(7-3-4-11-6-7)12-13-10(15)8-2-1-5-16-8/h1-6,11H,(H,12,14)(H,13,15). The Morgan fingerprint density at radius 2 is 2.00 bits per heavy atom. The molecule has 82 valence electrons. The zero-order valence-electron chi connectivity index (χ0n) is 8.19. The van der Waals surface area contributed by atoms with Gasteiger partial charge in [0.1, 0.15) is 0 Å². The first kappa shape index (κ1) is 10.0. The van der Waals surface area contributed by atoms with Crippen molar-refractivity contribution in [1.29, 1.82) is 0 Å². The van der Waals surface area contributed by atoms with Gasteiger partial charge in [-0.25, -0.2) is 0 Å². The maximum absolute atomic E-state index is 11.4. The van der Waals surface area contributed by atoms with Gasteiger partial charge in [-0.3, -0.25) is 20.4 Å². The van der Waals surface area contributed by atoms with Gasteiger partial charge in [0.05, 0.1) is 11.8 Å². The highest BCUT2D eigenvalue weighted by molar-refractivity contribution is 5.97. The van der Waals surface area contributed by atoms with Gasteiger partial charge in [-0.05, 0) is 18.2 Å². The minimum absolute atomic E-state index is 0.134. The van der Waals surface area contributed by atoms with Crippen LogP contribution in [0.1, 0.15) is 20.9 Å². The van der Waals surface area contributed by atoms with E-state index in [1.165, 1.54) is 18.5 Å². The molecular weight excluding hydrogens is 210 g/mol. The van der Waals surface area contributed by atoms with Crippen molar-refractivity contribution in [2.75, 3.05) is 0 Å². The molecule has 0 saturated carbocycles. The van der Waals surface area contributed by atoms with Crippen molar-refractivity contribution in [3.8, 4) is 0 Å². The third-order valence-electron chi connectivity index (χ3n) is 1.89. The van der Waals surface area contributed by atoms with Gasteiger partial charge in [0, 0.05) is 12.4 Å². The molecule has 0 unspecified atom stereocenters. The highest BCUT2D eigenvalue weighted by Gasteiger charge is 2.10. The fourth-order valence-corrected chi connectivity index (χ4v) is 1.12. The molecule has 0 saturated heterocycles. The van der Waals surface area contributed by atoms with E-state index in [4.69, 9.17) is 4.42 Å². The van der Waals surface area contributed by atoms with Crippen LogP contribution < -0.4 is 10.9 Å². The summed E-state index contributed by atoms with van der Waals surface area (Å²) < 4.78 is 4.85. The van der Waals surface area contributed by atoms with E-state index >= 15 is 0 Å². The lowest BCUT2D eigenvalue weighted by molar-refractivity contribution is 0.0831. The molecule has 0 bridgehead atoms. The van der Waals surface area contributed by atoms with Crippen LogP contribution in [0, 0.1) is 0 Å². The summed E-state index contributed by atoms with van der Waals surface area (Å²) in [6.45, 7) is 0. The van der Waals surface area contributed by atoms with Crippen LogP contribution in [0.15, 0.2) is 41.3 Å². The van der Waals surface area contributed by atoms with Crippen LogP contribution in [-0.2, 0) is 0 Å². The zero-order valence-corrected chi connectivity index (χ0v) is 8.19. The zero-order chi connectivity index (χ0) is 11.4. The lowest BCUT2D eigenvalue weighted by Gasteiger charge is -2.03. The predicted molar refractivity (Wildman–Crippen MR) is 54.4 cm³/mol. The summed E-state index contributed by atoms with van der Waals surface area (Å²) in [5, 5.41) is 0. The van der Waals surface area contributed by atoms with Crippen molar-refractivity contribution in [3.05, 3.63) is 48.2 Å². The van der Waals surface area contributed by atoms with Gasteiger partial charge in [0.25, 0.3) is 5.91 Å². The predicted octanol–water partition coefficient (Wildman–Crippen LogP) is 0.682. The van der Waals surface area contributed by atoms with Crippen molar-refractivity contribution < 1.29 is 14.0 Å². The van der Waals surface area contributed by atoms with Crippen molar-refractivity contribution in [1.82, 2.24) is 15.8 Å². The topological polar surface area (TPSA) is 87.1 Å². The molecule has 0 atom stereocenters. The first-order valence-electron chi connectivity index (χ1n) is 4.54. The summed E-state index contributed by atoms with van der Waals surface area (Å²) in [5.74, 6) is -0.774. The molecule has 6 nitrogen and oxygen atoms in total. The van der Waals surface area contributed by atoms with E-state index in [9.17, 15) is 9.59 Å². The molecule has 0 aliphatic carbocycles. The van der Waals surface area contributed by atoms with Crippen LogP contribution in [0.4, 0.5) is 0 Å². The maximum atomic E-state index is 11.4. The Morgan fingerprint density at radius 1 is 1.19 bits per heavy atom. The number of H-pyrrole nitrogens is 1. The van der Waals surface area contributed by atoms with Crippen molar-refractivity contribution in [2.24, 2.45) is 0 Å². The molecule has 2 aromatic heterocycles. The first-order chi connectivity index (χ1) is 7.77. The normalized spacial score (nSPS) is 9.75. The first-order valence-corrected chi connectivity index (χ1v) is 4.54. The average Bonchev–Trinajstić information content (AvgIpc) is 2.95. The second-order valence-electron chi connectivity index (χ2n) is 2.99. The van der Waals surface area contributed by atoms with Gasteiger partial charge in [-0.15, -0.1) is 0 Å². The van der Waals surface area contributed by atoms with Crippen molar-refractivity contribution in [2.45, 2.75) is 0 Å². The Bertz CT molecular complexity index is 427. The van der Waals surface area contributed by atoms with E-state index in [2.05, 4.69) is 15.8 Å². The number of amides is 2. The van der Waals surface area contributed by atoms with Crippen LogP contribution >= 0.6 is 0 Å². The fraction of sp³-hybridized carbons (Fsp3) is 0. The molecule has 3 N–H and O–H groups in total. The molecule has 0 fully saturated rings. The molecule has 6 heteroatoms. The van der Waals surface area contributed by atoms with E-state index in [0.29, 0.717) is 5.56 Å². The molecule has 2 rings (SSSR count). The number of aromatic nitrogens is 1. The Labute approximate surface area is 90.6 Å². The molecule has 0 aliphatic rings. The SMILES string of the molecule is O=C(NNC(=O)c1ccco1)c1cc[nH]c1. The summed E-state index contributed by atoms with van der Waals surface area (Å²) in [6.07, 6.45) is 4.51. The molecule has 0 spiro atoms. The van der Waals surface area contributed by atoms with Gasteiger partial charge in [0.15, 0.2) is 5.76 Å². The third kappa shape index (κ3) is 2.11. The second kappa shape index (κ2) is 4.35. The van der Waals surface area contributed by atoms with Crippen molar-refractivity contribution in [3.63, 3.8) is 0 Å². The van der Waals surface area contributed by atoms with Gasteiger partial charge in [-0.2, -0.15) is 0 Å². The van der Waals surface area contributed by atoms with Gasteiger partial charge < -0.3 is 9.40 Å². The molecule has 0 aromatic carbocycles. The molecule has 2 heterocycles. The van der Waals surface area contributed by atoms with Gasteiger partial charge in [0.2, 0.25) is 0 Å². The summed E-state index contributed by atoms with van der Waals surface area (Å²) in [7, 11) is 0. The summed E-state index contributed by atoms with van der Waals surface area (Å²) in [6, 6.07) is 4.68. The minimum atomic E-state index is -0.506. The molecule has 2 aromatic rings. The fourth-order valence-electron chi connectivity index (χ4n) is 1.12. The lowest BCUT2D eigenvalue weighted by atomic mass is 10.3. The van der Waals surface area contributed by atoms with Crippen LogP contribution in [0.25, 0.3) is 0 Å². The highest BCUT2D eigenvalue weighted by atomic mass is 16.3. The Hall–Kier alpha value is -2.50. The number of furan rings is 1. The number of hydrogen-bond donors (Lipinski definition) is 3. The van der Waals surface area contributed by atoms with Crippen LogP contribution in [0.5, 0.6) is 0 Å². The average molecular weight is 219 g/mol. The van der Waals surface area contributed by atoms with E-state index in [1.54, 1.807) is 18.3 Å². The molecule has 0 radical (unpaired) electrons. The largest absolute Gasteiger partial charge is 0.459 e. The van der Waals surface area contributed by atoms with E-state index in [1.807, 2.05) is 0 Å². The highest BCUT2D eigenvalue weighted by Crippen LogP contribution is 1.99. The number of hydrazine groups is 1. The lowest BCUT2D eigenvalue weighted by Crippen LogP contribution is -2.41. The summed E-state index contributed by atoms with van der Waals surface area (Å²) in [5.41, 5.74) is 4.91. The molecular formula is C10H9N3O3. The van der Waals surface area contributed by atoms with E-state index in [0.717, 1.165) is 0 Å². The van der Waals surface area contributed by atoms with Gasteiger partial charge in [-0.1, -0.05) is 0 Å². The Balaban J connectivity index is 1.89. The van der Waals surface area contributed by atoms with E-state index in [-0.39, 0.29) is 5.76 Å². The van der Waals surface area contributed by atoms with Crippen LogP contribution in [0.2, 0.25) is 0 Å². The summed E-state index contributed by atoms with van der Waals surface area (Å²) in [4.78, 5) is 25.5. The van der Waals surface area contributed by atoms with Crippen LogP contribution in [-0.4, -0.2) is 16.8 Å². The smallest absolute Gasteiger partial charge is 0.305 e. The quantitative estimate of drug-likeness (QED) is 0.649. The maximum Gasteiger partial charge on any atom is 0.305 e. The number of carbonyl (C=O) groups excluding carboxylic acids is 2. The number of carbonyl (C=O) groups is 2. The minimum Gasteiger partial charge on any atom is -0.459 e. The number of nitrogens with one attached hydrogen (secondary N) is 3. The second-order valence-corrected chi connectivity index (χ2v) is 2.99. The van der Waals surface area contributed by atoms with Gasteiger partial charge >= 0.3 is 5.91 Å². The third-order valence-corrected chi connectivity index (χ3v) is 1.89. The monoisotopic (exact) mass is 219 g/mol. The Kier molecular flexibility index (Phi) is 2.73. The Morgan fingerprint density at radius 3 is 2.62 bits per heavy atom. The van der Waals surface area contributed by atoms with Crippen LogP contribution in [0.3, 0.4) is 0 Å². The molecule has 2 amide bonds. The number of hydrogen-bond acceptors (Lipinski definition) is 3. The summed E-state index contributed by atoms with van der Waals surface area (Å²) >= 11 is 0. The number of rotatable bonds is 2. The molecule has 16 heavy (non-hydrogen) atoms. The van der Waals surface area contributed by atoms with Crippen molar-refractivity contribution >= 4 is 11.8 Å². The number of aromatic amines is 1. The van der Waals surface area contributed by atoms with E-state index < -0.39 is 11.8 Å². The molecule has 0 aliphatic heterocycles.